The topological polar surface area (TPSA) is 69.9 Å². The molecule has 0 radical (unpaired) electrons. The zero-order chi connectivity index (χ0) is 20.1. The zero-order valence-corrected chi connectivity index (χ0v) is 16.9. The fourth-order valence-electron chi connectivity index (χ4n) is 3.96. The number of hydrogen-bond acceptors (Lipinski definition) is 4. The van der Waals surface area contributed by atoms with Gasteiger partial charge in [0.15, 0.2) is 0 Å². The van der Waals surface area contributed by atoms with Gasteiger partial charge in [-0.25, -0.2) is 0 Å². The van der Waals surface area contributed by atoms with E-state index in [1.54, 1.807) is 26.0 Å². The number of hydrogen-bond donors (Lipinski definition) is 3. The lowest BCUT2D eigenvalue weighted by molar-refractivity contribution is -0.259. The normalized spacial score (nSPS) is 29.6. The summed E-state index contributed by atoms with van der Waals surface area (Å²) in [6, 6.07) is 14.2. The molecule has 0 spiro atoms. The van der Waals surface area contributed by atoms with Gasteiger partial charge in [0.2, 0.25) is 0 Å². The van der Waals surface area contributed by atoms with E-state index in [2.05, 4.69) is 24.3 Å². The van der Waals surface area contributed by atoms with Gasteiger partial charge in [-0.3, -0.25) is 0 Å². The van der Waals surface area contributed by atoms with Crippen molar-refractivity contribution in [3.05, 3.63) is 69.7 Å². The Labute approximate surface area is 170 Å². The first kappa shape index (κ1) is 19.9. The van der Waals surface area contributed by atoms with Gasteiger partial charge >= 0.3 is 0 Å². The largest absolute Gasteiger partial charge is 0.387 e. The van der Waals surface area contributed by atoms with Gasteiger partial charge in [0, 0.05) is 5.02 Å². The molecule has 2 aliphatic rings. The summed E-state index contributed by atoms with van der Waals surface area (Å²) in [4.78, 5) is 0. The molecule has 1 saturated heterocycles. The molecule has 1 saturated carbocycles. The highest BCUT2D eigenvalue weighted by Gasteiger charge is 2.48. The van der Waals surface area contributed by atoms with Crippen LogP contribution >= 0.6 is 11.6 Å². The summed E-state index contributed by atoms with van der Waals surface area (Å²) < 4.78 is 5.95. The molecular formula is C23H27ClO4. The molecule has 1 aliphatic carbocycles. The fourth-order valence-corrected chi connectivity index (χ4v) is 4.14. The molecule has 0 unspecified atom stereocenters. The van der Waals surface area contributed by atoms with Crippen molar-refractivity contribution in [3.63, 3.8) is 0 Å². The maximum Gasteiger partial charge on any atom is 0.113 e. The summed E-state index contributed by atoms with van der Waals surface area (Å²) in [5, 5.41) is 31.5. The van der Waals surface area contributed by atoms with E-state index in [0.29, 0.717) is 11.4 Å². The van der Waals surface area contributed by atoms with Gasteiger partial charge in [-0.05, 0) is 67.3 Å². The van der Waals surface area contributed by atoms with Crippen LogP contribution in [-0.4, -0.2) is 39.2 Å². The highest BCUT2D eigenvalue weighted by molar-refractivity contribution is 6.31. The molecule has 2 fully saturated rings. The number of aliphatic hydroxyl groups excluding tert-OH is 3. The Morgan fingerprint density at radius 1 is 0.964 bits per heavy atom. The third kappa shape index (κ3) is 3.85. The quantitative estimate of drug-likeness (QED) is 0.728. The molecule has 2 aromatic carbocycles. The maximum absolute atomic E-state index is 10.5. The fraction of sp³-hybridized carbons (Fsp3) is 0.478. The Balaban J connectivity index is 1.58. The van der Waals surface area contributed by atoms with Crippen molar-refractivity contribution in [2.75, 3.05) is 0 Å². The molecule has 4 atom stereocenters. The van der Waals surface area contributed by atoms with Crippen LogP contribution in [0.1, 0.15) is 61.0 Å². The van der Waals surface area contributed by atoms with Crippen LogP contribution < -0.4 is 0 Å². The Morgan fingerprint density at radius 3 is 2.25 bits per heavy atom. The molecule has 5 heteroatoms. The van der Waals surface area contributed by atoms with Gasteiger partial charge in [-0.2, -0.15) is 0 Å². The van der Waals surface area contributed by atoms with E-state index in [1.165, 1.54) is 24.0 Å². The summed E-state index contributed by atoms with van der Waals surface area (Å²) in [5.41, 5.74) is 3.27. The number of benzene rings is 2. The van der Waals surface area contributed by atoms with Crippen molar-refractivity contribution >= 4 is 11.6 Å². The van der Waals surface area contributed by atoms with Crippen LogP contribution in [0.3, 0.4) is 0 Å². The van der Waals surface area contributed by atoms with Crippen molar-refractivity contribution in [2.24, 2.45) is 0 Å². The van der Waals surface area contributed by atoms with Gasteiger partial charge in [0.1, 0.15) is 24.4 Å². The zero-order valence-electron chi connectivity index (χ0n) is 16.2. The smallest absolute Gasteiger partial charge is 0.113 e. The molecule has 4 nitrogen and oxygen atoms in total. The second kappa shape index (κ2) is 7.43. The van der Waals surface area contributed by atoms with Crippen LogP contribution in [0.15, 0.2) is 42.5 Å². The summed E-state index contributed by atoms with van der Waals surface area (Å²) >= 11 is 6.43. The molecule has 1 heterocycles. The molecule has 0 bridgehead atoms. The van der Waals surface area contributed by atoms with Gasteiger partial charge in [0.05, 0.1) is 5.60 Å². The molecule has 1 aliphatic heterocycles. The van der Waals surface area contributed by atoms with Crippen molar-refractivity contribution in [1.29, 1.82) is 0 Å². The molecule has 0 amide bonds. The van der Waals surface area contributed by atoms with Crippen LogP contribution in [0.25, 0.3) is 0 Å². The predicted octanol–water partition coefficient (Wildman–Crippen LogP) is 3.74. The molecule has 4 rings (SSSR count). The van der Waals surface area contributed by atoms with E-state index in [-0.39, 0.29) is 0 Å². The third-order valence-corrected chi connectivity index (χ3v) is 6.32. The SMILES string of the molecule is CC1(C)O[C@@H](c2ccc(Cl)c(Cc3ccc(C4CC4)cc3)c2)[C@H](O)[C@@H](O)[C@@H]1O. The minimum absolute atomic E-state index is 0.653. The molecule has 2 aromatic rings. The first-order chi connectivity index (χ1) is 13.3. The van der Waals surface area contributed by atoms with E-state index in [1.807, 2.05) is 6.07 Å². The van der Waals surface area contributed by atoms with Crippen molar-refractivity contribution in [2.45, 2.75) is 69.0 Å². The van der Waals surface area contributed by atoms with E-state index >= 15 is 0 Å². The van der Waals surface area contributed by atoms with Crippen LogP contribution in [0, 0.1) is 0 Å². The highest BCUT2D eigenvalue weighted by atomic mass is 35.5. The first-order valence-corrected chi connectivity index (χ1v) is 10.2. The van der Waals surface area contributed by atoms with Crippen LogP contribution in [0.5, 0.6) is 0 Å². The Morgan fingerprint density at radius 2 is 1.61 bits per heavy atom. The van der Waals surface area contributed by atoms with Crippen LogP contribution in [0.4, 0.5) is 0 Å². The number of aliphatic hydroxyl groups is 3. The van der Waals surface area contributed by atoms with Crippen molar-refractivity contribution in [1.82, 2.24) is 0 Å². The number of halogens is 1. The molecule has 150 valence electrons. The third-order valence-electron chi connectivity index (χ3n) is 5.95. The van der Waals surface area contributed by atoms with Gasteiger partial charge < -0.3 is 20.1 Å². The number of ether oxygens (including phenoxy) is 1. The Kier molecular flexibility index (Phi) is 5.27. The molecule has 0 aromatic heterocycles. The summed E-state index contributed by atoms with van der Waals surface area (Å²) in [7, 11) is 0. The molecule has 3 N–H and O–H groups in total. The van der Waals surface area contributed by atoms with Crippen molar-refractivity contribution < 1.29 is 20.1 Å². The minimum Gasteiger partial charge on any atom is -0.387 e. The minimum atomic E-state index is -1.28. The van der Waals surface area contributed by atoms with E-state index in [9.17, 15) is 15.3 Å². The van der Waals surface area contributed by atoms with E-state index < -0.39 is 30.0 Å². The number of rotatable bonds is 4. The Hall–Kier alpha value is -1.43. The lowest BCUT2D eigenvalue weighted by atomic mass is 9.85. The summed E-state index contributed by atoms with van der Waals surface area (Å²) in [6.45, 7) is 3.41. The lowest BCUT2D eigenvalue weighted by Gasteiger charge is -2.45. The maximum atomic E-state index is 10.5. The van der Waals surface area contributed by atoms with Gasteiger partial charge in [-0.15, -0.1) is 0 Å². The standard InChI is InChI=1S/C23H27ClO4/c1-23(2)22(27)20(26)19(25)21(28-23)16-9-10-18(24)17(12-16)11-13-3-5-14(6-4-13)15-7-8-15/h3-6,9-10,12,15,19-22,25-27H,7-8,11H2,1-2H3/t19-,20-,21+,22+/m1/s1. The summed E-state index contributed by atoms with van der Waals surface area (Å²) in [5.74, 6) is 0.732. The van der Waals surface area contributed by atoms with Gasteiger partial charge in [-0.1, -0.05) is 48.0 Å². The van der Waals surface area contributed by atoms with Gasteiger partial charge in [0.25, 0.3) is 0 Å². The highest BCUT2D eigenvalue weighted by Crippen LogP contribution is 2.40. The van der Waals surface area contributed by atoms with E-state index in [4.69, 9.17) is 16.3 Å². The second-order valence-electron chi connectivity index (χ2n) is 8.61. The Bertz CT molecular complexity index is 844. The summed E-state index contributed by atoms with van der Waals surface area (Å²) in [6.07, 6.45) is -1.13. The van der Waals surface area contributed by atoms with Crippen LogP contribution in [0.2, 0.25) is 5.02 Å². The molecule has 28 heavy (non-hydrogen) atoms. The average Bonchev–Trinajstić information content (AvgIpc) is 3.51. The van der Waals surface area contributed by atoms with Crippen LogP contribution in [-0.2, 0) is 11.2 Å². The first-order valence-electron chi connectivity index (χ1n) is 9.85. The second-order valence-corrected chi connectivity index (χ2v) is 9.02. The average molecular weight is 403 g/mol. The van der Waals surface area contributed by atoms with E-state index in [0.717, 1.165) is 17.0 Å². The monoisotopic (exact) mass is 402 g/mol. The predicted molar refractivity (Wildman–Crippen MR) is 109 cm³/mol. The van der Waals surface area contributed by atoms with Crippen molar-refractivity contribution in [3.8, 4) is 0 Å². The lowest BCUT2D eigenvalue weighted by Crippen LogP contribution is -2.58. The molecular weight excluding hydrogens is 376 g/mol.